The highest BCUT2D eigenvalue weighted by atomic mass is 35.5. The third-order valence-corrected chi connectivity index (χ3v) is 4.07. The fraction of sp³-hybridized carbons (Fsp3) is 0.417. The van der Waals surface area contributed by atoms with Crippen LogP contribution in [-0.4, -0.2) is 15.0 Å². The van der Waals surface area contributed by atoms with E-state index in [2.05, 4.69) is 20.3 Å². The Bertz CT molecular complexity index is 565. The molecule has 2 aromatic rings. The maximum Gasteiger partial charge on any atom is 0.136 e. The monoisotopic (exact) mass is 265 g/mol. The van der Waals surface area contributed by atoms with Crippen molar-refractivity contribution in [2.24, 2.45) is 0 Å². The molecule has 1 aliphatic rings. The SMILES string of the molecule is Cc1nc(Cc2nc(Cl)c3c(n2)CCC3)cs1. The van der Waals surface area contributed by atoms with Crippen LogP contribution in [0.3, 0.4) is 0 Å². The maximum atomic E-state index is 6.18. The highest BCUT2D eigenvalue weighted by molar-refractivity contribution is 7.09. The van der Waals surface area contributed by atoms with Crippen LogP contribution in [0.5, 0.6) is 0 Å². The molecular formula is C12H12ClN3S. The third-order valence-electron chi connectivity index (χ3n) is 2.93. The van der Waals surface area contributed by atoms with Gasteiger partial charge in [0.2, 0.25) is 0 Å². The number of hydrogen-bond acceptors (Lipinski definition) is 4. The van der Waals surface area contributed by atoms with Crippen molar-refractivity contribution in [1.29, 1.82) is 0 Å². The topological polar surface area (TPSA) is 38.7 Å². The summed E-state index contributed by atoms with van der Waals surface area (Å²) in [5, 5.41) is 3.77. The summed E-state index contributed by atoms with van der Waals surface area (Å²) in [5.41, 5.74) is 3.30. The minimum absolute atomic E-state index is 0.634. The molecule has 5 heteroatoms. The smallest absolute Gasteiger partial charge is 0.136 e. The van der Waals surface area contributed by atoms with Gasteiger partial charge < -0.3 is 0 Å². The van der Waals surface area contributed by atoms with Crippen molar-refractivity contribution >= 4 is 22.9 Å². The Morgan fingerprint density at radius 2 is 2.18 bits per heavy atom. The second kappa shape index (κ2) is 4.35. The van der Waals surface area contributed by atoms with E-state index in [1.54, 1.807) is 11.3 Å². The number of nitrogens with zero attached hydrogens (tertiary/aromatic N) is 3. The van der Waals surface area contributed by atoms with Crippen molar-refractivity contribution in [2.75, 3.05) is 0 Å². The van der Waals surface area contributed by atoms with Crippen molar-refractivity contribution in [3.8, 4) is 0 Å². The standard InChI is InChI=1S/C12H12ClN3S/c1-7-14-8(6-17-7)5-11-15-10-4-2-3-9(10)12(13)16-11/h6H,2-5H2,1H3. The van der Waals surface area contributed by atoms with Gasteiger partial charge in [0, 0.05) is 16.6 Å². The fourth-order valence-corrected chi connectivity index (χ4v) is 3.08. The maximum absolute atomic E-state index is 6.18. The Hall–Kier alpha value is -1.00. The van der Waals surface area contributed by atoms with Gasteiger partial charge in [0.15, 0.2) is 0 Å². The van der Waals surface area contributed by atoms with Crippen LogP contribution in [0.4, 0.5) is 0 Å². The van der Waals surface area contributed by atoms with Crippen LogP contribution in [-0.2, 0) is 19.3 Å². The molecule has 0 saturated carbocycles. The van der Waals surface area contributed by atoms with Gasteiger partial charge in [-0.3, -0.25) is 0 Å². The molecule has 88 valence electrons. The lowest BCUT2D eigenvalue weighted by atomic mass is 10.2. The molecule has 17 heavy (non-hydrogen) atoms. The van der Waals surface area contributed by atoms with E-state index in [1.807, 2.05) is 6.92 Å². The average molecular weight is 266 g/mol. The highest BCUT2D eigenvalue weighted by Gasteiger charge is 2.18. The number of aryl methyl sites for hydroxylation is 2. The zero-order valence-corrected chi connectivity index (χ0v) is 11.1. The highest BCUT2D eigenvalue weighted by Crippen LogP contribution is 2.26. The largest absolute Gasteiger partial charge is 0.246 e. The van der Waals surface area contributed by atoms with Crippen LogP contribution >= 0.6 is 22.9 Å². The molecule has 2 heterocycles. The summed E-state index contributed by atoms with van der Waals surface area (Å²) >= 11 is 7.83. The van der Waals surface area contributed by atoms with Crippen molar-refractivity contribution < 1.29 is 0 Å². The normalized spacial score (nSPS) is 14.0. The number of halogens is 1. The summed E-state index contributed by atoms with van der Waals surface area (Å²) in [6.07, 6.45) is 3.87. The van der Waals surface area contributed by atoms with Gasteiger partial charge in [-0.05, 0) is 26.2 Å². The van der Waals surface area contributed by atoms with Gasteiger partial charge in [-0.1, -0.05) is 11.6 Å². The van der Waals surface area contributed by atoms with E-state index in [-0.39, 0.29) is 0 Å². The van der Waals surface area contributed by atoms with Crippen LogP contribution in [0.2, 0.25) is 5.15 Å². The zero-order chi connectivity index (χ0) is 11.8. The molecule has 0 atom stereocenters. The van der Waals surface area contributed by atoms with Crippen molar-refractivity contribution in [3.63, 3.8) is 0 Å². The Labute approximate surface area is 109 Å². The first-order chi connectivity index (χ1) is 8.22. The molecule has 0 amide bonds. The molecule has 0 N–H and O–H groups in total. The summed E-state index contributed by atoms with van der Waals surface area (Å²) in [6.45, 7) is 2.00. The number of hydrogen-bond donors (Lipinski definition) is 0. The van der Waals surface area contributed by atoms with E-state index in [4.69, 9.17) is 11.6 Å². The van der Waals surface area contributed by atoms with Gasteiger partial charge >= 0.3 is 0 Å². The lowest BCUT2D eigenvalue weighted by Crippen LogP contribution is -2.02. The first kappa shape index (κ1) is 11.1. The van der Waals surface area contributed by atoms with E-state index in [0.29, 0.717) is 11.6 Å². The Morgan fingerprint density at radius 1 is 1.29 bits per heavy atom. The van der Waals surface area contributed by atoms with Gasteiger partial charge in [-0.25, -0.2) is 15.0 Å². The minimum Gasteiger partial charge on any atom is -0.246 e. The average Bonchev–Trinajstić information content (AvgIpc) is 2.87. The van der Waals surface area contributed by atoms with Gasteiger partial charge in [-0.15, -0.1) is 11.3 Å². The first-order valence-corrected chi connectivity index (χ1v) is 6.93. The van der Waals surface area contributed by atoms with Gasteiger partial charge in [0.05, 0.1) is 17.1 Å². The van der Waals surface area contributed by atoms with E-state index in [1.165, 1.54) is 0 Å². The number of thiazole rings is 1. The first-order valence-electron chi connectivity index (χ1n) is 5.67. The summed E-state index contributed by atoms with van der Waals surface area (Å²) in [6, 6.07) is 0. The number of aromatic nitrogens is 3. The quantitative estimate of drug-likeness (QED) is 0.784. The van der Waals surface area contributed by atoms with E-state index in [9.17, 15) is 0 Å². The lowest BCUT2D eigenvalue weighted by Gasteiger charge is -2.04. The summed E-state index contributed by atoms with van der Waals surface area (Å²) in [4.78, 5) is 13.4. The molecule has 0 radical (unpaired) electrons. The van der Waals surface area contributed by atoms with Crippen molar-refractivity contribution in [3.05, 3.63) is 38.3 Å². The van der Waals surface area contributed by atoms with Crippen molar-refractivity contribution in [1.82, 2.24) is 15.0 Å². The Balaban J connectivity index is 1.91. The third kappa shape index (κ3) is 2.19. The minimum atomic E-state index is 0.634. The Morgan fingerprint density at radius 3 is 2.94 bits per heavy atom. The fourth-order valence-electron chi connectivity index (χ4n) is 2.17. The second-order valence-corrected chi connectivity index (χ2v) is 5.66. The molecular weight excluding hydrogens is 254 g/mol. The van der Waals surface area contributed by atoms with E-state index < -0.39 is 0 Å². The predicted molar refractivity (Wildman–Crippen MR) is 68.7 cm³/mol. The second-order valence-electron chi connectivity index (χ2n) is 4.24. The van der Waals surface area contributed by atoms with Crippen molar-refractivity contribution in [2.45, 2.75) is 32.6 Å². The Kier molecular flexibility index (Phi) is 2.84. The van der Waals surface area contributed by atoms with Crippen LogP contribution in [0, 0.1) is 6.92 Å². The molecule has 2 aromatic heterocycles. The van der Waals surface area contributed by atoms with Crippen LogP contribution in [0.1, 0.15) is 34.2 Å². The molecule has 0 bridgehead atoms. The van der Waals surface area contributed by atoms with E-state index in [0.717, 1.165) is 47.0 Å². The molecule has 0 aromatic carbocycles. The molecule has 1 aliphatic carbocycles. The molecule has 3 rings (SSSR count). The molecule has 0 saturated heterocycles. The molecule has 0 aliphatic heterocycles. The van der Waals surface area contributed by atoms with Crippen LogP contribution in [0.15, 0.2) is 5.38 Å². The van der Waals surface area contributed by atoms with Crippen LogP contribution < -0.4 is 0 Å². The molecule has 0 unspecified atom stereocenters. The van der Waals surface area contributed by atoms with E-state index >= 15 is 0 Å². The summed E-state index contributed by atoms with van der Waals surface area (Å²) in [7, 11) is 0. The molecule has 0 fully saturated rings. The number of fused-ring (bicyclic) bond motifs is 1. The van der Waals surface area contributed by atoms with Gasteiger partial charge in [-0.2, -0.15) is 0 Å². The lowest BCUT2D eigenvalue weighted by molar-refractivity contribution is 0.880. The number of rotatable bonds is 2. The van der Waals surface area contributed by atoms with Gasteiger partial charge in [0.1, 0.15) is 11.0 Å². The van der Waals surface area contributed by atoms with Crippen LogP contribution in [0.25, 0.3) is 0 Å². The summed E-state index contributed by atoms with van der Waals surface area (Å²) in [5.74, 6) is 0.793. The zero-order valence-electron chi connectivity index (χ0n) is 9.53. The molecule has 3 nitrogen and oxygen atoms in total. The molecule has 0 spiro atoms. The summed E-state index contributed by atoms with van der Waals surface area (Å²) < 4.78 is 0. The predicted octanol–water partition coefficient (Wildman–Crippen LogP) is 2.97. The van der Waals surface area contributed by atoms with Gasteiger partial charge in [0.25, 0.3) is 0 Å².